The molecule has 0 fully saturated rings. The Hall–Kier alpha value is -3.97. The second-order valence-electron chi connectivity index (χ2n) is 7.78. The smallest absolute Gasteiger partial charge is 0.269 e. The van der Waals surface area contributed by atoms with E-state index in [0.29, 0.717) is 11.5 Å². The summed E-state index contributed by atoms with van der Waals surface area (Å²) in [5, 5.41) is 7.31. The van der Waals surface area contributed by atoms with E-state index in [0.717, 1.165) is 17.0 Å². The number of hydrogen-bond acceptors (Lipinski definition) is 4. The molecule has 2 aromatic heterocycles. The van der Waals surface area contributed by atoms with Crippen molar-refractivity contribution in [3.63, 3.8) is 0 Å². The van der Waals surface area contributed by atoms with Gasteiger partial charge in [-0.15, -0.1) is 0 Å². The molecule has 0 aliphatic heterocycles. The molecule has 166 valence electrons. The van der Waals surface area contributed by atoms with Gasteiger partial charge in [-0.3, -0.25) is 14.6 Å². The van der Waals surface area contributed by atoms with Crippen molar-refractivity contribution in [2.24, 2.45) is 5.73 Å². The van der Waals surface area contributed by atoms with E-state index >= 15 is 0 Å². The minimum absolute atomic E-state index is 0.0312. The van der Waals surface area contributed by atoms with E-state index in [1.807, 2.05) is 42.5 Å². The third-order valence-corrected chi connectivity index (χ3v) is 5.40. The summed E-state index contributed by atoms with van der Waals surface area (Å²) in [4.78, 5) is 29.6. The maximum absolute atomic E-state index is 13.2. The lowest BCUT2D eigenvalue weighted by molar-refractivity contribution is 0.0992. The first-order valence-corrected chi connectivity index (χ1v) is 10.7. The molecule has 0 atom stereocenters. The number of carbonyl (C=O) groups is 2. The Kier molecular flexibility index (Phi) is 6.24. The van der Waals surface area contributed by atoms with Crippen LogP contribution in [-0.4, -0.2) is 26.6 Å². The molecule has 2 heterocycles. The highest BCUT2D eigenvalue weighted by Crippen LogP contribution is 2.27. The summed E-state index contributed by atoms with van der Waals surface area (Å²) in [6.45, 7) is 4.14. The fourth-order valence-corrected chi connectivity index (χ4v) is 3.54. The quantitative estimate of drug-likeness (QED) is 0.420. The predicted octanol–water partition coefficient (Wildman–Crippen LogP) is 5.06. The van der Waals surface area contributed by atoms with Crippen LogP contribution in [0.2, 0.25) is 5.02 Å². The third kappa shape index (κ3) is 4.78. The number of halogens is 1. The van der Waals surface area contributed by atoms with Gasteiger partial charge in [-0.2, -0.15) is 5.10 Å². The van der Waals surface area contributed by atoms with Gasteiger partial charge < -0.3 is 11.1 Å². The fraction of sp³-hybridized carbons (Fsp3) is 0.120. The monoisotopic (exact) mass is 459 g/mol. The van der Waals surface area contributed by atoms with Crippen molar-refractivity contribution in [3.8, 4) is 16.9 Å². The van der Waals surface area contributed by atoms with Crippen LogP contribution < -0.4 is 11.1 Å². The zero-order valence-corrected chi connectivity index (χ0v) is 18.9. The van der Waals surface area contributed by atoms with Crippen LogP contribution in [0.3, 0.4) is 0 Å². The van der Waals surface area contributed by atoms with E-state index in [4.69, 9.17) is 22.3 Å². The van der Waals surface area contributed by atoms with E-state index < -0.39 is 11.8 Å². The van der Waals surface area contributed by atoms with E-state index in [2.05, 4.69) is 24.3 Å². The number of nitrogens with one attached hydrogen (secondary N) is 1. The summed E-state index contributed by atoms with van der Waals surface area (Å²) in [5.74, 6) is -0.578. The molecule has 8 heteroatoms. The molecule has 4 aromatic rings. The lowest BCUT2D eigenvalue weighted by atomic mass is 10.0. The maximum atomic E-state index is 13.2. The van der Waals surface area contributed by atoms with Crippen molar-refractivity contribution in [2.45, 2.75) is 19.8 Å². The van der Waals surface area contributed by atoms with E-state index in [1.165, 1.54) is 10.7 Å². The Balaban J connectivity index is 1.69. The minimum atomic E-state index is -0.698. The van der Waals surface area contributed by atoms with Crippen molar-refractivity contribution >= 4 is 29.2 Å². The molecule has 0 aliphatic rings. The highest BCUT2D eigenvalue weighted by Gasteiger charge is 2.18. The first-order chi connectivity index (χ1) is 15.8. The number of amides is 2. The Morgan fingerprint density at radius 1 is 1.00 bits per heavy atom. The third-order valence-electron chi connectivity index (χ3n) is 5.07. The van der Waals surface area contributed by atoms with Crippen LogP contribution in [0.1, 0.15) is 46.3 Å². The van der Waals surface area contributed by atoms with Crippen LogP contribution in [0.5, 0.6) is 0 Å². The number of carbonyl (C=O) groups excluding carboxylic acids is 2. The standard InChI is InChI=1S/C25H22ClN5O2/c1-15(2)20-9-6-10-21(28-20)16-11-12-19(26)18(13-16)25(33)29-23-14-22(24(27)32)30-31(23)17-7-4-3-5-8-17/h3-15H,1-2H3,(H2,27,32)(H,29,33). The van der Waals surface area contributed by atoms with Gasteiger partial charge >= 0.3 is 0 Å². The number of nitrogens with zero attached hydrogens (tertiary/aromatic N) is 3. The summed E-state index contributed by atoms with van der Waals surface area (Å²) in [6.07, 6.45) is 0. The zero-order chi connectivity index (χ0) is 23.5. The molecule has 0 spiro atoms. The Labute approximate surface area is 196 Å². The molecule has 0 unspecified atom stereocenters. The number of rotatable bonds is 6. The minimum Gasteiger partial charge on any atom is -0.364 e. The lowest BCUT2D eigenvalue weighted by Crippen LogP contribution is -2.16. The number of primary amides is 1. The molecule has 0 saturated carbocycles. The average Bonchev–Trinajstić information content (AvgIpc) is 3.24. The van der Waals surface area contributed by atoms with Crippen molar-refractivity contribution in [2.75, 3.05) is 5.32 Å². The summed E-state index contributed by atoms with van der Waals surface area (Å²) in [6, 6.07) is 21.5. The van der Waals surface area contributed by atoms with E-state index in [9.17, 15) is 9.59 Å². The molecule has 4 rings (SSSR count). The lowest BCUT2D eigenvalue weighted by Gasteiger charge is -2.12. The second-order valence-corrected chi connectivity index (χ2v) is 8.18. The average molecular weight is 460 g/mol. The number of aromatic nitrogens is 3. The normalized spacial score (nSPS) is 10.9. The van der Waals surface area contributed by atoms with Gasteiger partial charge in [0.05, 0.1) is 22.0 Å². The zero-order valence-electron chi connectivity index (χ0n) is 18.1. The van der Waals surface area contributed by atoms with E-state index in [1.54, 1.807) is 24.3 Å². The number of pyridine rings is 1. The Morgan fingerprint density at radius 3 is 2.45 bits per heavy atom. The molecule has 7 nitrogen and oxygen atoms in total. The SMILES string of the molecule is CC(C)c1cccc(-c2ccc(Cl)c(C(=O)Nc3cc(C(N)=O)nn3-c3ccccc3)c2)n1. The van der Waals surface area contributed by atoms with E-state index in [-0.39, 0.29) is 22.2 Å². The van der Waals surface area contributed by atoms with Crippen molar-refractivity contribution in [1.82, 2.24) is 14.8 Å². The summed E-state index contributed by atoms with van der Waals surface area (Å²) >= 11 is 6.36. The summed E-state index contributed by atoms with van der Waals surface area (Å²) in [5.41, 5.74) is 8.84. The number of para-hydroxylation sites is 1. The van der Waals surface area contributed by atoms with Crippen LogP contribution in [0.25, 0.3) is 16.9 Å². The number of nitrogens with two attached hydrogens (primary N) is 1. The maximum Gasteiger partial charge on any atom is 0.269 e. The fourth-order valence-electron chi connectivity index (χ4n) is 3.33. The summed E-state index contributed by atoms with van der Waals surface area (Å²) in [7, 11) is 0. The molecule has 0 aliphatic carbocycles. The Bertz CT molecular complexity index is 1330. The van der Waals surface area contributed by atoms with Crippen LogP contribution in [0.4, 0.5) is 5.82 Å². The van der Waals surface area contributed by atoms with Crippen LogP contribution in [-0.2, 0) is 0 Å². The molecular formula is C25H22ClN5O2. The molecular weight excluding hydrogens is 438 g/mol. The van der Waals surface area contributed by atoms with Gasteiger partial charge in [-0.05, 0) is 42.3 Å². The molecule has 2 amide bonds. The van der Waals surface area contributed by atoms with Gasteiger partial charge in [0.1, 0.15) is 5.82 Å². The van der Waals surface area contributed by atoms with Crippen molar-refractivity contribution in [3.05, 3.63) is 94.8 Å². The van der Waals surface area contributed by atoms with Crippen LogP contribution >= 0.6 is 11.6 Å². The van der Waals surface area contributed by atoms with Crippen LogP contribution in [0, 0.1) is 0 Å². The van der Waals surface area contributed by atoms with Gasteiger partial charge in [0.15, 0.2) is 5.69 Å². The van der Waals surface area contributed by atoms with Crippen molar-refractivity contribution < 1.29 is 9.59 Å². The first-order valence-electron chi connectivity index (χ1n) is 10.4. The van der Waals surface area contributed by atoms with Gasteiger partial charge in [0, 0.05) is 17.3 Å². The largest absolute Gasteiger partial charge is 0.364 e. The number of anilines is 1. The number of hydrogen-bond donors (Lipinski definition) is 2. The molecule has 3 N–H and O–H groups in total. The highest BCUT2D eigenvalue weighted by molar-refractivity contribution is 6.34. The molecule has 0 saturated heterocycles. The summed E-state index contributed by atoms with van der Waals surface area (Å²) < 4.78 is 1.45. The molecule has 33 heavy (non-hydrogen) atoms. The van der Waals surface area contributed by atoms with Gasteiger partial charge in [-0.1, -0.05) is 55.8 Å². The van der Waals surface area contributed by atoms with Gasteiger partial charge in [-0.25, -0.2) is 4.68 Å². The predicted molar refractivity (Wildman–Crippen MR) is 129 cm³/mol. The molecule has 2 aromatic carbocycles. The molecule has 0 bridgehead atoms. The van der Waals surface area contributed by atoms with Crippen molar-refractivity contribution in [1.29, 1.82) is 0 Å². The second kappa shape index (κ2) is 9.26. The first kappa shape index (κ1) is 22.2. The van der Waals surface area contributed by atoms with Gasteiger partial charge in [0.2, 0.25) is 0 Å². The molecule has 0 radical (unpaired) electrons. The number of benzene rings is 2. The Morgan fingerprint density at radius 2 is 1.76 bits per heavy atom. The van der Waals surface area contributed by atoms with Crippen LogP contribution in [0.15, 0.2) is 72.8 Å². The highest BCUT2D eigenvalue weighted by atomic mass is 35.5. The van der Waals surface area contributed by atoms with Gasteiger partial charge in [0.25, 0.3) is 11.8 Å². The topological polar surface area (TPSA) is 103 Å².